The second-order valence-corrected chi connectivity index (χ2v) is 9.72. The van der Waals surface area contributed by atoms with E-state index in [1.165, 1.54) is 19.3 Å². The number of H-pyrrole nitrogens is 1. The number of ether oxygens (including phenoxy) is 2. The Kier molecular flexibility index (Phi) is 6.58. The molecule has 0 unspecified atom stereocenters. The predicted octanol–water partition coefficient (Wildman–Crippen LogP) is 5.13. The molecule has 0 bridgehead atoms. The maximum Gasteiger partial charge on any atom is 0.258 e. The van der Waals surface area contributed by atoms with Crippen molar-refractivity contribution in [3.8, 4) is 22.9 Å². The van der Waals surface area contributed by atoms with Crippen molar-refractivity contribution < 1.29 is 14.3 Å². The van der Waals surface area contributed by atoms with E-state index in [1.54, 1.807) is 12.4 Å². The van der Waals surface area contributed by atoms with Crippen LogP contribution in [0.15, 0.2) is 54.9 Å². The van der Waals surface area contributed by atoms with Crippen molar-refractivity contribution in [2.24, 2.45) is 0 Å². The molecule has 2 aliphatic rings. The Morgan fingerprint density at radius 1 is 1.00 bits per heavy atom. The summed E-state index contributed by atoms with van der Waals surface area (Å²) in [5.41, 5.74) is 2.38. The number of anilines is 2. The van der Waals surface area contributed by atoms with E-state index in [1.807, 2.05) is 42.5 Å². The smallest absolute Gasteiger partial charge is 0.258 e. The zero-order valence-electron chi connectivity index (χ0n) is 20.6. The summed E-state index contributed by atoms with van der Waals surface area (Å²) in [5.74, 6) is 2.52. The minimum Gasteiger partial charge on any atom is -0.490 e. The van der Waals surface area contributed by atoms with E-state index in [0.717, 1.165) is 53.6 Å². The molecule has 2 heterocycles. The van der Waals surface area contributed by atoms with Gasteiger partial charge in [0.05, 0.1) is 23.5 Å². The number of nitrogens with zero attached hydrogens (tertiary/aromatic N) is 3. The number of carbonyl (C=O) groups is 1. The van der Waals surface area contributed by atoms with E-state index in [9.17, 15) is 4.79 Å². The van der Waals surface area contributed by atoms with Gasteiger partial charge in [0.25, 0.3) is 5.91 Å². The molecule has 9 heteroatoms. The van der Waals surface area contributed by atoms with Crippen LogP contribution in [0.5, 0.6) is 11.5 Å². The molecule has 6 rings (SSSR count). The SMILES string of the molecule is O=C(COc1cccc(-c2nc(Nc3cn[nH]c3)c3cc(OC4CCCC4)ccc3n2)c1)NC1CCC1. The van der Waals surface area contributed by atoms with Crippen LogP contribution in [0.2, 0.25) is 0 Å². The number of carbonyl (C=O) groups excluding carboxylic acids is 1. The van der Waals surface area contributed by atoms with E-state index in [4.69, 9.17) is 19.4 Å². The average molecular weight is 499 g/mol. The first-order chi connectivity index (χ1) is 18.2. The molecule has 4 aromatic rings. The topological polar surface area (TPSA) is 114 Å². The average Bonchev–Trinajstić information content (AvgIpc) is 3.60. The molecule has 9 nitrogen and oxygen atoms in total. The maximum absolute atomic E-state index is 12.2. The van der Waals surface area contributed by atoms with Crippen molar-refractivity contribution in [3.05, 3.63) is 54.9 Å². The van der Waals surface area contributed by atoms with Gasteiger partial charge in [-0.05, 0) is 75.3 Å². The third kappa shape index (κ3) is 5.50. The fourth-order valence-corrected chi connectivity index (χ4v) is 4.76. The van der Waals surface area contributed by atoms with Crippen LogP contribution in [0.1, 0.15) is 44.9 Å². The number of nitrogens with one attached hydrogen (secondary N) is 3. The summed E-state index contributed by atoms with van der Waals surface area (Å²) < 4.78 is 12.0. The number of aromatic nitrogens is 4. The highest BCUT2D eigenvalue weighted by atomic mass is 16.5. The van der Waals surface area contributed by atoms with Crippen LogP contribution in [0.4, 0.5) is 11.5 Å². The van der Waals surface area contributed by atoms with Crippen molar-refractivity contribution in [2.45, 2.75) is 57.1 Å². The number of rotatable bonds is 9. The molecule has 37 heavy (non-hydrogen) atoms. The third-order valence-corrected chi connectivity index (χ3v) is 6.97. The predicted molar refractivity (Wildman–Crippen MR) is 141 cm³/mol. The lowest BCUT2D eigenvalue weighted by Crippen LogP contribution is -2.41. The first kappa shape index (κ1) is 23.3. The quantitative estimate of drug-likeness (QED) is 0.293. The van der Waals surface area contributed by atoms with Gasteiger partial charge in [-0.1, -0.05) is 12.1 Å². The van der Waals surface area contributed by atoms with Gasteiger partial charge in [0.15, 0.2) is 12.4 Å². The van der Waals surface area contributed by atoms with Gasteiger partial charge in [0, 0.05) is 23.2 Å². The third-order valence-electron chi connectivity index (χ3n) is 6.97. The molecule has 190 valence electrons. The van der Waals surface area contributed by atoms with Gasteiger partial charge in [-0.2, -0.15) is 5.10 Å². The first-order valence-corrected chi connectivity index (χ1v) is 13.0. The largest absolute Gasteiger partial charge is 0.490 e. The monoisotopic (exact) mass is 498 g/mol. The summed E-state index contributed by atoms with van der Waals surface area (Å²) in [4.78, 5) is 21.9. The molecular formula is C28H30N6O3. The molecule has 2 aromatic heterocycles. The van der Waals surface area contributed by atoms with E-state index < -0.39 is 0 Å². The number of benzene rings is 2. The molecule has 3 N–H and O–H groups in total. The van der Waals surface area contributed by atoms with Crippen molar-refractivity contribution in [1.82, 2.24) is 25.5 Å². The van der Waals surface area contributed by atoms with Gasteiger partial charge in [-0.15, -0.1) is 0 Å². The van der Waals surface area contributed by atoms with Crippen LogP contribution in [0, 0.1) is 0 Å². The molecule has 2 aliphatic carbocycles. The second-order valence-electron chi connectivity index (χ2n) is 9.72. The highest BCUT2D eigenvalue weighted by Crippen LogP contribution is 2.32. The Morgan fingerprint density at radius 2 is 1.89 bits per heavy atom. The molecule has 2 fully saturated rings. The molecule has 0 atom stereocenters. The Labute approximate surface area is 215 Å². The van der Waals surface area contributed by atoms with Crippen LogP contribution in [-0.2, 0) is 4.79 Å². The number of aromatic amines is 1. The highest BCUT2D eigenvalue weighted by Gasteiger charge is 2.20. The Bertz CT molecular complexity index is 1380. The zero-order valence-corrected chi connectivity index (χ0v) is 20.6. The van der Waals surface area contributed by atoms with Crippen molar-refractivity contribution in [2.75, 3.05) is 11.9 Å². The fraction of sp³-hybridized carbons (Fsp3) is 0.357. The van der Waals surface area contributed by atoms with Crippen LogP contribution in [0.3, 0.4) is 0 Å². The lowest BCUT2D eigenvalue weighted by atomic mass is 9.93. The van der Waals surface area contributed by atoms with E-state index >= 15 is 0 Å². The lowest BCUT2D eigenvalue weighted by molar-refractivity contribution is -0.124. The number of hydrogen-bond donors (Lipinski definition) is 3. The van der Waals surface area contributed by atoms with Gasteiger partial charge >= 0.3 is 0 Å². The lowest BCUT2D eigenvalue weighted by Gasteiger charge is -2.26. The number of amides is 1. The van der Waals surface area contributed by atoms with Crippen molar-refractivity contribution in [3.63, 3.8) is 0 Å². The van der Waals surface area contributed by atoms with E-state index in [2.05, 4.69) is 20.8 Å². The van der Waals surface area contributed by atoms with Crippen molar-refractivity contribution >= 4 is 28.3 Å². The summed E-state index contributed by atoms with van der Waals surface area (Å²) >= 11 is 0. The molecule has 2 aromatic carbocycles. The number of fused-ring (bicyclic) bond motifs is 1. The number of hydrogen-bond acceptors (Lipinski definition) is 7. The summed E-state index contributed by atoms with van der Waals surface area (Å²) in [6, 6.07) is 13.7. The molecule has 1 amide bonds. The van der Waals surface area contributed by atoms with Gasteiger partial charge in [0.2, 0.25) is 0 Å². The van der Waals surface area contributed by atoms with Crippen LogP contribution >= 0.6 is 0 Å². The first-order valence-electron chi connectivity index (χ1n) is 13.0. The minimum atomic E-state index is -0.0979. The van der Waals surface area contributed by atoms with E-state index in [-0.39, 0.29) is 18.6 Å². The zero-order chi connectivity index (χ0) is 25.0. The summed E-state index contributed by atoms with van der Waals surface area (Å²) in [7, 11) is 0. The summed E-state index contributed by atoms with van der Waals surface area (Å²) in [6.07, 6.45) is 11.6. The molecule has 0 spiro atoms. The molecule has 2 saturated carbocycles. The van der Waals surface area contributed by atoms with Crippen LogP contribution in [0.25, 0.3) is 22.3 Å². The molecule has 0 aliphatic heterocycles. The fourth-order valence-electron chi connectivity index (χ4n) is 4.76. The molecule has 0 radical (unpaired) electrons. The highest BCUT2D eigenvalue weighted by molar-refractivity contribution is 5.93. The van der Waals surface area contributed by atoms with Gasteiger partial charge in [-0.3, -0.25) is 9.89 Å². The Morgan fingerprint density at radius 3 is 2.68 bits per heavy atom. The van der Waals surface area contributed by atoms with Crippen molar-refractivity contribution in [1.29, 1.82) is 0 Å². The van der Waals surface area contributed by atoms with E-state index in [0.29, 0.717) is 23.4 Å². The maximum atomic E-state index is 12.2. The standard InChI is InChI=1S/C28H30N6O3/c35-26(31-19-6-4-7-19)17-36-22-10-3-5-18(13-22)27-33-25-12-11-23(37-21-8-1-2-9-21)14-24(25)28(34-27)32-20-15-29-30-16-20/h3,5,10-16,19,21H,1-2,4,6-9,17H2,(H,29,30)(H,31,35)(H,32,33,34). The minimum absolute atomic E-state index is 0.0183. The van der Waals surface area contributed by atoms with Crippen LogP contribution < -0.4 is 20.1 Å². The summed E-state index contributed by atoms with van der Waals surface area (Å²) in [5, 5.41) is 14.1. The van der Waals surface area contributed by atoms with Gasteiger partial charge < -0.3 is 20.1 Å². The summed E-state index contributed by atoms with van der Waals surface area (Å²) in [6.45, 7) is -0.0183. The normalized spacial score (nSPS) is 15.9. The Balaban J connectivity index is 1.27. The Hall–Kier alpha value is -4.14. The van der Waals surface area contributed by atoms with Gasteiger partial charge in [-0.25, -0.2) is 9.97 Å². The van der Waals surface area contributed by atoms with Gasteiger partial charge in [0.1, 0.15) is 17.3 Å². The molecular weight excluding hydrogens is 468 g/mol. The second kappa shape index (κ2) is 10.5. The van der Waals surface area contributed by atoms with Crippen LogP contribution in [-0.4, -0.2) is 44.8 Å². The molecule has 0 saturated heterocycles.